The van der Waals surface area contributed by atoms with E-state index < -0.39 is 5.60 Å². The molecule has 2 aromatic rings. The molecule has 8 heteroatoms. The van der Waals surface area contributed by atoms with Gasteiger partial charge in [-0.15, -0.1) is 11.3 Å². The third-order valence-corrected chi connectivity index (χ3v) is 5.11. The molecule has 142 valence electrons. The fourth-order valence-electron chi connectivity index (χ4n) is 3.19. The van der Waals surface area contributed by atoms with E-state index in [4.69, 9.17) is 4.74 Å². The number of nitrogens with one attached hydrogen (secondary N) is 1. The van der Waals surface area contributed by atoms with Gasteiger partial charge in [0.2, 0.25) is 0 Å². The van der Waals surface area contributed by atoms with Crippen molar-refractivity contribution in [3.8, 4) is 0 Å². The van der Waals surface area contributed by atoms with Gasteiger partial charge in [0.05, 0.1) is 5.69 Å². The minimum atomic E-state index is -0.501. The van der Waals surface area contributed by atoms with Gasteiger partial charge in [-0.2, -0.15) is 0 Å². The highest BCUT2D eigenvalue weighted by molar-refractivity contribution is 7.15. The molecular weight excluding hydrogens is 352 g/mol. The lowest BCUT2D eigenvalue weighted by molar-refractivity contribution is 0.0491. The average molecular weight is 378 g/mol. The first-order chi connectivity index (χ1) is 12.3. The number of thiazole rings is 1. The normalized spacial score (nSPS) is 18.8. The third-order valence-electron chi connectivity index (χ3n) is 4.35. The predicted molar refractivity (Wildman–Crippen MR) is 102 cm³/mol. The second-order valence-electron chi connectivity index (χ2n) is 7.64. The first kappa shape index (κ1) is 18.8. The van der Waals surface area contributed by atoms with Crippen molar-refractivity contribution in [1.82, 2.24) is 19.6 Å². The number of likely N-dealkylation sites (tertiary alicyclic amines) is 1. The molecule has 1 N–H and O–H groups in total. The first-order valence-electron chi connectivity index (χ1n) is 8.98. The molecule has 1 unspecified atom stereocenters. The molecule has 0 aromatic carbocycles. The molecule has 1 amide bonds. The van der Waals surface area contributed by atoms with Crippen molar-refractivity contribution in [3.63, 3.8) is 0 Å². The van der Waals surface area contributed by atoms with Gasteiger partial charge in [0, 0.05) is 36.8 Å². The van der Waals surface area contributed by atoms with Gasteiger partial charge >= 0.3 is 6.09 Å². The molecule has 0 saturated carbocycles. The fraction of sp³-hybridized carbons (Fsp3) is 0.611. The predicted octanol–water partition coefficient (Wildman–Crippen LogP) is 2.64. The largest absolute Gasteiger partial charge is 0.444 e. The number of hydrogen-bond donors (Lipinski definition) is 1. The van der Waals surface area contributed by atoms with Crippen molar-refractivity contribution < 1.29 is 9.53 Å². The molecule has 7 nitrogen and oxygen atoms in total. The summed E-state index contributed by atoms with van der Waals surface area (Å²) in [5, 5.41) is 4.74. The van der Waals surface area contributed by atoms with E-state index in [0.29, 0.717) is 18.1 Å². The SMILES string of the molecule is CC(C)(C)OC(=O)NCC1CCCCN1Cc1cc(=O)n2ccsc2n1. The van der Waals surface area contributed by atoms with E-state index in [1.54, 1.807) is 16.7 Å². The third kappa shape index (κ3) is 4.82. The Kier molecular flexibility index (Phi) is 5.62. The molecule has 1 atom stereocenters. The maximum absolute atomic E-state index is 12.2. The maximum atomic E-state index is 12.2. The van der Waals surface area contributed by atoms with Crippen molar-refractivity contribution in [2.45, 2.75) is 58.2 Å². The summed E-state index contributed by atoms with van der Waals surface area (Å²) in [5.41, 5.74) is 0.228. The molecule has 1 fully saturated rings. The summed E-state index contributed by atoms with van der Waals surface area (Å²) in [5.74, 6) is 0. The van der Waals surface area contributed by atoms with E-state index in [1.165, 1.54) is 11.3 Å². The molecule has 0 spiro atoms. The standard InChI is InChI=1S/C18H26N4O3S/c1-18(2,3)25-17(24)19-11-14-6-4-5-7-21(14)12-13-10-15(23)22-8-9-26-16(22)20-13/h8-10,14H,4-7,11-12H2,1-3H3,(H,19,24). The minimum absolute atomic E-state index is 0.0494. The second-order valence-corrected chi connectivity index (χ2v) is 8.52. The van der Waals surface area contributed by atoms with E-state index in [2.05, 4.69) is 15.2 Å². The summed E-state index contributed by atoms with van der Waals surface area (Å²) in [6, 6.07) is 1.83. The van der Waals surface area contributed by atoms with Crippen molar-refractivity contribution in [3.05, 3.63) is 33.7 Å². The molecule has 0 bridgehead atoms. The van der Waals surface area contributed by atoms with Gasteiger partial charge in [0.25, 0.3) is 5.56 Å². The topological polar surface area (TPSA) is 75.9 Å². The van der Waals surface area contributed by atoms with Crippen LogP contribution < -0.4 is 10.9 Å². The maximum Gasteiger partial charge on any atom is 0.407 e. The summed E-state index contributed by atoms with van der Waals surface area (Å²) in [6.45, 7) is 7.64. The molecule has 2 aromatic heterocycles. The molecule has 0 aliphatic carbocycles. The smallest absolute Gasteiger partial charge is 0.407 e. The van der Waals surface area contributed by atoms with Crippen LogP contribution in [0.15, 0.2) is 22.4 Å². The van der Waals surface area contributed by atoms with Gasteiger partial charge in [0.1, 0.15) is 5.60 Å². The number of carbonyl (C=O) groups excluding carboxylic acids is 1. The summed E-state index contributed by atoms with van der Waals surface area (Å²) >= 11 is 1.46. The van der Waals surface area contributed by atoms with Crippen molar-refractivity contribution in [2.24, 2.45) is 0 Å². The highest BCUT2D eigenvalue weighted by Crippen LogP contribution is 2.19. The Morgan fingerprint density at radius 1 is 1.42 bits per heavy atom. The Labute approximate surface area is 157 Å². The van der Waals surface area contributed by atoms with Crippen molar-refractivity contribution >= 4 is 22.4 Å². The number of piperidine rings is 1. The molecule has 1 aliphatic heterocycles. The number of hydrogen-bond acceptors (Lipinski definition) is 6. The first-order valence-corrected chi connectivity index (χ1v) is 9.86. The summed E-state index contributed by atoms with van der Waals surface area (Å²) in [4.78, 5) is 31.7. The van der Waals surface area contributed by atoms with Gasteiger partial charge in [-0.05, 0) is 40.2 Å². The zero-order valence-electron chi connectivity index (χ0n) is 15.5. The number of fused-ring (bicyclic) bond motifs is 1. The highest BCUT2D eigenvalue weighted by Gasteiger charge is 2.25. The van der Waals surface area contributed by atoms with Gasteiger partial charge in [-0.25, -0.2) is 9.78 Å². The Bertz CT molecular complexity index is 824. The monoisotopic (exact) mass is 378 g/mol. The number of nitrogens with zero attached hydrogens (tertiary/aromatic N) is 3. The zero-order chi connectivity index (χ0) is 18.7. The number of ether oxygens (including phenoxy) is 1. The number of aromatic nitrogens is 2. The van der Waals surface area contributed by atoms with E-state index in [9.17, 15) is 9.59 Å². The lowest BCUT2D eigenvalue weighted by atomic mass is 10.0. The lowest BCUT2D eigenvalue weighted by Gasteiger charge is -2.35. The summed E-state index contributed by atoms with van der Waals surface area (Å²) < 4.78 is 6.88. The quantitative estimate of drug-likeness (QED) is 0.885. The van der Waals surface area contributed by atoms with E-state index in [0.717, 1.165) is 31.5 Å². The lowest BCUT2D eigenvalue weighted by Crippen LogP contribution is -2.47. The van der Waals surface area contributed by atoms with Crippen LogP contribution in [0.3, 0.4) is 0 Å². The van der Waals surface area contributed by atoms with Crippen LogP contribution in [0.1, 0.15) is 45.7 Å². The second kappa shape index (κ2) is 7.75. The van der Waals surface area contributed by atoms with Crippen LogP contribution in [-0.2, 0) is 11.3 Å². The van der Waals surface area contributed by atoms with E-state index in [1.807, 2.05) is 26.2 Å². The summed E-state index contributed by atoms with van der Waals surface area (Å²) in [6.07, 6.45) is 4.61. The molecule has 1 aliphatic rings. The Hall–Kier alpha value is -1.93. The molecule has 3 rings (SSSR count). The van der Waals surface area contributed by atoms with Gasteiger partial charge in [-0.1, -0.05) is 6.42 Å². The molecular formula is C18H26N4O3S. The zero-order valence-corrected chi connectivity index (χ0v) is 16.3. The van der Waals surface area contributed by atoms with Crippen LogP contribution in [0.25, 0.3) is 4.96 Å². The van der Waals surface area contributed by atoms with Crippen LogP contribution in [0.2, 0.25) is 0 Å². The van der Waals surface area contributed by atoms with Crippen LogP contribution in [0.5, 0.6) is 0 Å². The van der Waals surface area contributed by atoms with Gasteiger partial charge in [-0.3, -0.25) is 14.1 Å². The highest BCUT2D eigenvalue weighted by atomic mass is 32.1. The number of amides is 1. The average Bonchev–Trinajstić information content (AvgIpc) is 3.01. The Balaban J connectivity index is 1.64. The fourth-order valence-corrected chi connectivity index (χ4v) is 3.93. The number of carbonyl (C=O) groups is 1. The summed E-state index contributed by atoms with van der Waals surface area (Å²) in [7, 11) is 0. The molecule has 26 heavy (non-hydrogen) atoms. The van der Waals surface area contributed by atoms with Gasteiger partial charge < -0.3 is 10.1 Å². The minimum Gasteiger partial charge on any atom is -0.444 e. The van der Waals surface area contributed by atoms with E-state index in [-0.39, 0.29) is 17.7 Å². The Morgan fingerprint density at radius 2 is 2.23 bits per heavy atom. The van der Waals surface area contributed by atoms with Crippen LogP contribution >= 0.6 is 11.3 Å². The Morgan fingerprint density at radius 3 is 3.00 bits per heavy atom. The van der Waals surface area contributed by atoms with Crippen LogP contribution in [0, 0.1) is 0 Å². The number of alkyl carbamates (subject to hydrolysis) is 1. The molecule has 0 radical (unpaired) electrons. The van der Waals surface area contributed by atoms with Gasteiger partial charge in [0.15, 0.2) is 4.96 Å². The van der Waals surface area contributed by atoms with Crippen molar-refractivity contribution in [2.75, 3.05) is 13.1 Å². The molecule has 1 saturated heterocycles. The van der Waals surface area contributed by atoms with Crippen LogP contribution in [0.4, 0.5) is 4.79 Å². The van der Waals surface area contributed by atoms with Crippen molar-refractivity contribution in [1.29, 1.82) is 0 Å². The molecule has 3 heterocycles. The van der Waals surface area contributed by atoms with Crippen LogP contribution in [-0.4, -0.2) is 45.1 Å². The number of rotatable bonds is 4. The van der Waals surface area contributed by atoms with E-state index >= 15 is 0 Å².